The van der Waals surface area contributed by atoms with E-state index in [2.05, 4.69) is 34.9 Å². The summed E-state index contributed by atoms with van der Waals surface area (Å²) in [5, 5.41) is 14.2. The lowest BCUT2D eigenvalue weighted by molar-refractivity contribution is -0.137. The molecule has 0 spiro atoms. The molecule has 9 heteroatoms. The number of hydrogen-bond donors (Lipinski definition) is 0. The second kappa shape index (κ2) is 14.4. The fraction of sp³-hybridized carbons (Fsp3) is 0.0189. The monoisotopic (exact) mass is 808 g/mol. The van der Waals surface area contributed by atoms with Crippen LogP contribution in [0, 0.1) is 11.3 Å². The quantitative estimate of drug-likeness (QED) is 0.168. The van der Waals surface area contributed by atoms with Crippen LogP contribution < -0.4 is 0 Å². The van der Waals surface area contributed by atoms with Gasteiger partial charge in [-0.1, -0.05) is 127 Å². The molecular weight excluding hydrogens is 778 g/mol. The van der Waals surface area contributed by atoms with E-state index in [1.54, 1.807) is 6.07 Å². The number of aromatic nitrogens is 5. The van der Waals surface area contributed by atoms with Crippen molar-refractivity contribution in [3.8, 4) is 62.7 Å². The third kappa shape index (κ3) is 6.00. The van der Waals surface area contributed by atoms with Gasteiger partial charge in [0.25, 0.3) is 0 Å². The van der Waals surface area contributed by atoms with Crippen LogP contribution in [-0.2, 0) is 6.18 Å². The SMILES string of the molecule is N#Cc1ccccc1-c1ccc(-n2c3ccccc3c3ccccc32)c(-c2nc(-c3ccccc3)nc(-c3cc(C(F)(F)F)ccc3-n3c4ccccc4c4ccccc43)n2)c1. The number of nitrogens with zero attached hydrogens (tertiary/aromatic N) is 6. The van der Waals surface area contributed by atoms with E-state index in [1.165, 1.54) is 6.07 Å². The number of nitriles is 1. The molecule has 0 saturated heterocycles. The van der Waals surface area contributed by atoms with Gasteiger partial charge in [0.15, 0.2) is 17.5 Å². The van der Waals surface area contributed by atoms with Gasteiger partial charge in [-0.25, -0.2) is 15.0 Å². The molecule has 0 saturated carbocycles. The molecule has 0 aliphatic rings. The third-order valence-electron chi connectivity index (χ3n) is 11.5. The summed E-state index contributed by atoms with van der Waals surface area (Å²) >= 11 is 0. The lowest BCUT2D eigenvalue weighted by Gasteiger charge is -2.18. The predicted octanol–water partition coefficient (Wildman–Crippen LogP) is 13.6. The maximum atomic E-state index is 14.8. The molecule has 0 amide bonds. The molecule has 0 atom stereocenters. The highest BCUT2D eigenvalue weighted by Gasteiger charge is 2.32. The van der Waals surface area contributed by atoms with Crippen LogP contribution >= 0.6 is 0 Å². The highest BCUT2D eigenvalue weighted by molar-refractivity contribution is 6.11. The smallest absolute Gasteiger partial charge is 0.309 e. The molecule has 3 aromatic heterocycles. The molecule has 0 aliphatic carbocycles. The molecular formula is C53H31F3N6. The molecule has 3 heterocycles. The molecule has 0 unspecified atom stereocenters. The Labute approximate surface area is 353 Å². The largest absolute Gasteiger partial charge is 0.416 e. The van der Waals surface area contributed by atoms with E-state index in [4.69, 9.17) is 15.0 Å². The number of fused-ring (bicyclic) bond motifs is 6. The number of halogens is 3. The number of para-hydroxylation sites is 4. The molecule has 0 N–H and O–H groups in total. The van der Waals surface area contributed by atoms with Crippen LogP contribution in [0.15, 0.2) is 188 Å². The van der Waals surface area contributed by atoms with Gasteiger partial charge >= 0.3 is 6.18 Å². The summed E-state index contributed by atoms with van der Waals surface area (Å²) in [5.74, 6) is 0.590. The molecule has 0 bridgehead atoms. The number of benzene rings is 8. The van der Waals surface area contributed by atoms with Gasteiger partial charge in [0.2, 0.25) is 0 Å². The molecule has 62 heavy (non-hydrogen) atoms. The van der Waals surface area contributed by atoms with Gasteiger partial charge in [-0.3, -0.25) is 0 Å². The molecule has 0 radical (unpaired) electrons. The van der Waals surface area contributed by atoms with Crippen LogP contribution in [0.25, 0.3) is 100 Å². The van der Waals surface area contributed by atoms with Crippen LogP contribution in [0.4, 0.5) is 13.2 Å². The zero-order valence-corrected chi connectivity index (χ0v) is 32.7. The zero-order valence-electron chi connectivity index (χ0n) is 32.7. The minimum atomic E-state index is -4.65. The van der Waals surface area contributed by atoms with Gasteiger partial charge in [0.05, 0.1) is 50.6 Å². The van der Waals surface area contributed by atoms with E-state index < -0.39 is 11.7 Å². The van der Waals surface area contributed by atoms with Gasteiger partial charge < -0.3 is 9.13 Å². The van der Waals surface area contributed by atoms with Gasteiger partial charge in [-0.2, -0.15) is 18.4 Å². The van der Waals surface area contributed by atoms with Crippen molar-refractivity contribution in [3.05, 3.63) is 199 Å². The first kappa shape index (κ1) is 36.7. The fourth-order valence-corrected chi connectivity index (χ4v) is 8.69. The van der Waals surface area contributed by atoms with Crippen LogP contribution in [0.3, 0.4) is 0 Å². The Bertz CT molecular complexity index is 3490. The Kier molecular flexibility index (Phi) is 8.55. The van der Waals surface area contributed by atoms with Crippen LogP contribution in [-0.4, -0.2) is 24.1 Å². The van der Waals surface area contributed by atoms with Crippen LogP contribution in [0.5, 0.6) is 0 Å². The van der Waals surface area contributed by atoms with Gasteiger partial charge in [-0.05, 0) is 71.8 Å². The lowest BCUT2D eigenvalue weighted by Crippen LogP contribution is -2.09. The van der Waals surface area contributed by atoms with Crippen molar-refractivity contribution in [2.24, 2.45) is 0 Å². The van der Waals surface area contributed by atoms with Crippen molar-refractivity contribution < 1.29 is 13.2 Å². The van der Waals surface area contributed by atoms with Gasteiger partial charge in [-0.15, -0.1) is 0 Å². The van der Waals surface area contributed by atoms with Crippen molar-refractivity contribution in [2.75, 3.05) is 0 Å². The summed E-state index contributed by atoms with van der Waals surface area (Å²) in [6, 6.07) is 60.8. The highest BCUT2D eigenvalue weighted by Crippen LogP contribution is 2.42. The summed E-state index contributed by atoms with van der Waals surface area (Å²) < 4.78 is 48.5. The summed E-state index contributed by atoms with van der Waals surface area (Å²) in [6.45, 7) is 0. The average Bonchev–Trinajstić information content (AvgIpc) is 3.84. The molecule has 0 aliphatic heterocycles. The molecule has 294 valence electrons. The van der Waals surface area contributed by atoms with Crippen LogP contribution in [0.2, 0.25) is 0 Å². The Morgan fingerprint density at radius 3 is 1.35 bits per heavy atom. The van der Waals surface area contributed by atoms with E-state index >= 15 is 0 Å². The average molecular weight is 809 g/mol. The second-order valence-electron chi connectivity index (χ2n) is 15.0. The normalized spacial score (nSPS) is 11.8. The van der Waals surface area contributed by atoms with Gasteiger partial charge in [0.1, 0.15) is 0 Å². The van der Waals surface area contributed by atoms with Crippen molar-refractivity contribution in [1.29, 1.82) is 5.26 Å². The fourth-order valence-electron chi connectivity index (χ4n) is 8.69. The number of rotatable bonds is 6. The summed E-state index contributed by atoms with van der Waals surface area (Å²) in [6.07, 6.45) is -4.65. The minimum Gasteiger partial charge on any atom is -0.309 e. The second-order valence-corrected chi connectivity index (χ2v) is 15.0. The highest BCUT2D eigenvalue weighted by atomic mass is 19.4. The van der Waals surface area contributed by atoms with Crippen molar-refractivity contribution in [1.82, 2.24) is 24.1 Å². The Morgan fingerprint density at radius 1 is 0.403 bits per heavy atom. The molecule has 0 fully saturated rings. The first-order chi connectivity index (χ1) is 30.4. The summed E-state index contributed by atoms with van der Waals surface area (Å²) in [7, 11) is 0. The zero-order chi connectivity index (χ0) is 42.0. The molecule has 11 aromatic rings. The Morgan fingerprint density at radius 2 is 0.839 bits per heavy atom. The predicted molar refractivity (Wildman–Crippen MR) is 240 cm³/mol. The maximum Gasteiger partial charge on any atom is 0.416 e. The summed E-state index contributed by atoms with van der Waals surface area (Å²) in [4.78, 5) is 15.3. The standard InChI is InChI=1S/C53H31F3N6/c54-53(55,56)36-27-29-49(62-46-24-12-8-20-40(46)41-21-9-13-25-47(41)62)43(31-36)52-59-50(33-14-2-1-3-15-33)58-51(60-52)42-30-34(37-17-5-4-16-35(37)32-57)26-28-48(42)61-44-22-10-6-18-38(44)39-19-7-11-23-45(39)61/h1-31H. The van der Waals surface area contributed by atoms with E-state index in [0.29, 0.717) is 27.9 Å². The first-order valence-corrected chi connectivity index (χ1v) is 20.0. The Balaban J connectivity index is 1.25. The molecule has 8 aromatic carbocycles. The van der Waals surface area contributed by atoms with Crippen molar-refractivity contribution in [3.63, 3.8) is 0 Å². The van der Waals surface area contributed by atoms with Crippen molar-refractivity contribution in [2.45, 2.75) is 6.18 Å². The molecule has 6 nitrogen and oxygen atoms in total. The summed E-state index contributed by atoms with van der Waals surface area (Å²) in [5.41, 5.74) is 7.31. The maximum absolute atomic E-state index is 14.8. The van der Waals surface area contributed by atoms with E-state index in [0.717, 1.165) is 67.0 Å². The van der Waals surface area contributed by atoms with Gasteiger partial charge in [0, 0.05) is 38.2 Å². The minimum absolute atomic E-state index is 0.0628. The van der Waals surface area contributed by atoms with E-state index in [9.17, 15) is 18.4 Å². The van der Waals surface area contributed by atoms with Crippen LogP contribution in [0.1, 0.15) is 11.1 Å². The van der Waals surface area contributed by atoms with E-state index in [-0.39, 0.29) is 23.0 Å². The Hall–Kier alpha value is -8.35. The number of hydrogen-bond acceptors (Lipinski definition) is 4. The number of alkyl halides is 3. The lowest BCUT2D eigenvalue weighted by atomic mass is 9.97. The topological polar surface area (TPSA) is 72.3 Å². The van der Waals surface area contributed by atoms with E-state index in [1.807, 2.05) is 144 Å². The molecule has 11 rings (SSSR count). The third-order valence-corrected chi connectivity index (χ3v) is 11.5. The van der Waals surface area contributed by atoms with Crippen molar-refractivity contribution >= 4 is 43.6 Å². The first-order valence-electron chi connectivity index (χ1n) is 20.0.